The number of piperidine rings is 6. The highest BCUT2D eigenvalue weighted by molar-refractivity contribution is 5.98. The first-order valence-corrected chi connectivity index (χ1v) is 16.5. The minimum atomic E-state index is 0. The number of ketones is 1. The van der Waals surface area contributed by atoms with Crippen molar-refractivity contribution >= 4 is 46.9 Å². The number of nitrogens with two attached hydrogens (primary N) is 1. The van der Waals surface area contributed by atoms with Crippen LogP contribution >= 0.6 is 12.4 Å². The van der Waals surface area contributed by atoms with E-state index in [1.807, 2.05) is 12.1 Å². The van der Waals surface area contributed by atoms with E-state index in [4.69, 9.17) is 14.6 Å². The first-order valence-electron chi connectivity index (χ1n) is 16.5. The lowest BCUT2D eigenvalue weighted by Gasteiger charge is -2.52. The number of pyridine rings is 2. The number of carbonyl (C=O) groups excluding carboxylic acids is 2. The summed E-state index contributed by atoms with van der Waals surface area (Å²) in [6.07, 6.45) is 17.6. The number of ether oxygens (including phenoxy) is 1. The Morgan fingerprint density at radius 3 is 2.00 bits per heavy atom. The van der Waals surface area contributed by atoms with Crippen molar-refractivity contribution in [1.82, 2.24) is 19.8 Å². The third kappa shape index (κ3) is 5.53. The van der Waals surface area contributed by atoms with Gasteiger partial charge in [-0.15, -0.1) is 12.4 Å². The summed E-state index contributed by atoms with van der Waals surface area (Å²) in [6.45, 7) is 5.52. The first kappa shape index (κ1) is 31.3. The quantitative estimate of drug-likeness (QED) is 0.215. The number of carbonyl (C=O) groups is 2. The van der Waals surface area contributed by atoms with Gasteiger partial charge in [-0.25, -0.2) is 9.97 Å². The predicted octanol–water partition coefficient (Wildman–Crippen LogP) is 5.63. The second-order valence-electron chi connectivity index (χ2n) is 13.9. The molecule has 12 rings (SSSR count). The highest BCUT2D eigenvalue weighted by atomic mass is 35.5. The molecular formula is C35H42ClN5O5. The van der Waals surface area contributed by atoms with Gasteiger partial charge >= 0.3 is 0 Å². The maximum Gasteiger partial charge on any atom is 0.298 e. The fraction of sp³-hybridized carbons (Fsp3) is 0.543. The molecule has 10 nitrogen and oxygen atoms in total. The van der Waals surface area contributed by atoms with Crippen LogP contribution in [0, 0.1) is 17.8 Å². The summed E-state index contributed by atoms with van der Waals surface area (Å²) in [7, 11) is 0. The Labute approximate surface area is 274 Å². The molecule has 2 atom stereocenters. The van der Waals surface area contributed by atoms with Crippen LogP contribution in [0.5, 0.6) is 5.75 Å². The third-order valence-electron chi connectivity index (χ3n) is 11.7. The van der Waals surface area contributed by atoms with Gasteiger partial charge in [-0.3, -0.25) is 19.4 Å². The van der Waals surface area contributed by atoms with Crippen LogP contribution in [0.3, 0.4) is 0 Å². The van der Waals surface area contributed by atoms with Crippen molar-refractivity contribution in [2.75, 3.05) is 26.2 Å². The summed E-state index contributed by atoms with van der Waals surface area (Å²) in [6, 6.07) is 7.75. The van der Waals surface area contributed by atoms with E-state index in [0.29, 0.717) is 53.1 Å². The van der Waals surface area contributed by atoms with Crippen molar-refractivity contribution in [3.05, 3.63) is 54.7 Å². The first-order chi connectivity index (χ1) is 22.0. The summed E-state index contributed by atoms with van der Waals surface area (Å²) < 4.78 is 14.9. The second-order valence-corrected chi connectivity index (χ2v) is 13.9. The molecule has 46 heavy (non-hydrogen) atoms. The summed E-state index contributed by atoms with van der Waals surface area (Å²) >= 11 is 0. The average Bonchev–Trinajstić information content (AvgIpc) is 3.94. The number of hydrogen-bond acceptors (Lipinski definition) is 10. The van der Waals surface area contributed by atoms with E-state index >= 15 is 0 Å². The molecule has 0 aromatic carbocycles. The van der Waals surface area contributed by atoms with Crippen LogP contribution < -0.4 is 10.5 Å². The van der Waals surface area contributed by atoms with Gasteiger partial charge in [0.05, 0.1) is 18.7 Å². The Kier molecular flexibility index (Phi) is 8.42. The van der Waals surface area contributed by atoms with Gasteiger partial charge in [0.25, 0.3) is 6.47 Å². The maximum atomic E-state index is 12.8. The Morgan fingerprint density at radius 2 is 1.43 bits per heavy atom. The van der Waals surface area contributed by atoms with E-state index in [0.717, 1.165) is 28.2 Å². The molecule has 2 spiro atoms. The average molecular weight is 648 g/mol. The van der Waals surface area contributed by atoms with Gasteiger partial charge in [0, 0.05) is 46.1 Å². The second kappa shape index (κ2) is 12.4. The highest BCUT2D eigenvalue weighted by Crippen LogP contribution is 2.58. The topological polar surface area (TPSA) is 128 Å². The normalized spacial score (nSPS) is 30.1. The van der Waals surface area contributed by atoms with Crippen molar-refractivity contribution in [2.45, 2.75) is 74.9 Å². The molecule has 0 unspecified atom stereocenters. The Morgan fingerprint density at radius 1 is 0.870 bits per heavy atom. The molecule has 8 fully saturated rings. The van der Waals surface area contributed by atoms with Crippen molar-refractivity contribution < 1.29 is 23.2 Å². The monoisotopic (exact) mass is 647 g/mol. The van der Waals surface area contributed by atoms with Crippen LogP contribution in [0.15, 0.2) is 58.0 Å². The van der Waals surface area contributed by atoms with E-state index in [1.165, 1.54) is 90.0 Å². The minimum absolute atomic E-state index is 0. The predicted molar refractivity (Wildman–Crippen MR) is 175 cm³/mol. The zero-order chi connectivity index (χ0) is 30.6. The van der Waals surface area contributed by atoms with Crippen LogP contribution in [-0.4, -0.2) is 75.3 Å². The van der Waals surface area contributed by atoms with Crippen LogP contribution in [0.1, 0.15) is 68.1 Å². The van der Waals surface area contributed by atoms with Crippen LogP contribution in [0.2, 0.25) is 0 Å². The largest absolute Gasteiger partial charge is 0.446 e. The lowest BCUT2D eigenvalue weighted by atomic mass is 9.69. The molecule has 10 heterocycles. The fourth-order valence-electron chi connectivity index (χ4n) is 9.01. The van der Waals surface area contributed by atoms with E-state index in [1.54, 1.807) is 24.6 Å². The van der Waals surface area contributed by atoms with Gasteiger partial charge in [0.15, 0.2) is 5.78 Å². The molecule has 0 amide bonds. The lowest BCUT2D eigenvalue weighted by Crippen LogP contribution is -2.63. The summed E-state index contributed by atoms with van der Waals surface area (Å²) in [5, 5.41) is 1.73. The molecule has 4 aromatic rings. The number of aromatic nitrogens is 2. The van der Waals surface area contributed by atoms with Gasteiger partial charge in [0.1, 0.15) is 5.75 Å². The van der Waals surface area contributed by atoms with E-state index in [9.17, 15) is 9.59 Å². The molecule has 2 N–H and O–H groups in total. The van der Waals surface area contributed by atoms with Gasteiger partial charge < -0.3 is 19.3 Å². The molecule has 11 heteroatoms. The number of hydrogen-bond donors (Lipinski definition) is 1. The molecule has 2 saturated carbocycles. The van der Waals surface area contributed by atoms with Gasteiger partial charge in [0.2, 0.25) is 11.4 Å². The zero-order valence-electron chi connectivity index (χ0n) is 26.0. The zero-order valence-corrected chi connectivity index (χ0v) is 26.8. The van der Waals surface area contributed by atoms with Crippen molar-refractivity contribution in [2.24, 2.45) is 23.5 Å². The van der Waals surface area contributed by atoms with Crippen molar-refractivity contribution in [3.63, 3.8) is 0 Å². The molecule has 4 aromatic heterocycles. The highest BCUT2D eigenvalue weighted by Gasteiger charge is 2.60. The van der Waals surface area contributed by atoms with E-state index < -0.39 is 0 Å². The standard InChI is InChI=1S/C18H20N2O2.C9H16N2.C8H5NO3.ClH/c21-16(14-9-13-3-8-22-17(13)19-11-14)10-15-12-1-6-20(7-2-12)18(15)4-5-18;10-8-7-1-5-11(6-2-7)9(8)3-4-9;10-5-12-7-3-6-1-2-11-8(6)9-4-7;/h3,8-9,11-12,15H,1-2,4-7,10H2;7-8H,1-6,10H2;1-5H;1H/t15-;8-;;/m11../s1. The maximum absolute atomic E-state index is 12.8. The lowest BCUT2D eigenvalue weighted by molar-refractivity contribution is -0.120. The van der Waals surface area contributed by atoms with Crippen LogP contribution in [0.4, 0.5) is 0 Å². The van der Waals surface area contributed by atoms with Gasteiger partial charge in [-0.1, -0.05) is 0 Å². The number of halogens is 1. The van der Waals surface area contributed by atoms with Gasteiger partial charge in [-0.05, 0) is 120 Å². The van der Waals surface area contributed by atoms with Crippen molar-refractivity contribution in [1.29, 1.82) is 0 Å². The van der Waals surface area contributed by atoms with Crippen molar-refractivity contribution in [3.8, 4) is 5.75 Å². The number of Topliss-reactive ketones (excluding diaryl/α,β-unsaturated/α-hetero) is 1. The van der Waals surface area contributed by atoms with Crippen LogP contribution in [0.25, 0.3) is 22.2 Å². The Hall–Kier alpha value is -3.31. The summed E-state index contributed by atoms with van der Waals surface area (Å²) in [5.41, 5.74) is 8.99. The van der Waals surface area contributed by atoms with E-state index in [2.05, 4.69) is 24.5 Å². The molecule has 8 aliphatic rings. The third-order valence-corrected chi connectivity index (χ3v) is 11.7. The molecule has 4 bridgehead atoms. The molecular weight excluding hydrogens is 606 g/mol. The van der Waals surface area contributed by atoms with Gasteiger partial charge in [-0.2, -0.15) is 0 Å². The minimum Gasteiger partial charge on any atom is -0.446 e. The summed E-state index contributed by atoms with van der Waals surface area (Å²) in [5.74, 6) is 2.84. The number of rotatable bonds is 5. The smallest absolute Gasteiger partial charge is 0.298 e. The molecule has 6 aliphatic heterocycles. The summed E-state index contributed by atoms with van der Waals surface area (Å²) in [4.78, 5) is 36.2. The number of fused-ring (bicyclic) bond motifs is 6. The van der Waals surface area contributed by atoms with Crippen LogP contribution in [-0.2, 0) is 4.79 Å². The Bertz CT molecular complexity index is 1690. The number of nitrogens with zero attached hydrogens (tertiary/aromatic N) is 4. The SMILES string of the molecule is Cl.N[C@@H]1C2CCN(CC2)C12CC2.O=C(C[C@@H]1C2CCN(CC2)C12CC2)c1cnc2occc2c1.O=COc1cnc2occc2c1. The molecule has 2 aliphatic carbocycles. The fourth-order valence-corrected chi connectivity index (χ4v) is 9.01. The molecule has 0 radical (unpaired) electrons. The molecule has 6 saturated heterocycles. The number of furan rings is 2. The van der Waals surface area contributed by atoms with E-state index in [-0.39, 0.29) is 18.2 Å². The Balaban J connectivity index is 0.000000119. The molecule has 244 valence electrons.